The van der Waals surface area contributed by atoms with Crippen LogP contribution in [0.25, 0.3) is 0 Å². The molecule has 2 atom stereocenters. The summed E-state index contributed by atoms with van der Waals surface area (Å²) in [7, 11) is -1.33. The fourth-order valence-electron chi connectivity index (χ4n) is 1.61. The number of ether oxygens (including phenoxy) is 1. The molecule has 0 bridgehead atoms. The standard InChI is InChI=1S/C16H23NO3S/c1-6-20-15(18)12(2)14(13-10-8-7-9-11-13)17-21(19)16(3,4)5/h7-11,14,17H,2,6H2,1,3-5H3/t14-,21-/m1/s1. The molecule has 0 radical (unpaired) electrons. The van der Waals surface area contributed by atoms with Gasteiger partial charge in [0.1, 0.15) is 0 Å². The van der Waals surface area contributed by atoms with Crippen LogP contribution in [0.5, 0.6) is 0 Å². The lowest BCUT2D eigenvalue weighted by molar-refractivity contribution is -0.138. The van der Waals surface area contributed by atoms with Crippen LogP contribution in [-0.4, -0.2) is 21.5 Å². The Hall–Kier alpha value is -1.46. The molecule has 0 aliphatic rings. The van der Waals surface area contributed by atoms with Gasteiger partial charge in [-0.05, 0) is 33.3 Å². The molecule has 0 saturated heterocycles. The maximum atomic E-state index is 12.3. The van der Waals surface area contributed by atoms with Crippen molar-refractivity contribution in [1.29, 1.82) is 0 Å². The first-order chi connectivity index (χ1) is 9.77. The summed E-state index contributed by atoms with van der Waals surface area (Å²) in [6, 6.07) is 8.80. The van der Waals surface area contributed by atoms with E-state index >= 15 is 0 Å². The van der Waals surface area contributed by atoms with Gasteiger partial charge in [0.15, 0.2) is 0 Å². The normalized spacial score (nSPS) is 14.3. The lowest BCUT2D eigenvalue weighted by Crippen LogP contribution is -2.37. The Labute approximate surface area is 129 Å². The van der Waals surface area contributed by atoms with Gasteiger partial charge in [-0.1, -0.05) is 36.9 Å². The Bertz CT molecular complexity index is 520. The molecule has 0 unspecified atom stereocenters. The van der Waals surface area contributed by atoms with Crippen LogP contribution in [0.4, 0.5) is 0 Å². The highest BCUT2D eigenvalue weighted by Gasteiger charge is 2.28. The molecule has 1 aromatic carbocycles. The minimum atomic E-state index is -1.33. The van der Waals surface area contributed by atoms with Crippen LogP contribution >= 0.6 is 0 Å². The van der Waals surface area contributed by atoms with Crippen molar-refractivity contribution in [2.45, 2.75) is 38.5 Å². The number of hydrogen-bond acceptors (Lipinski definition) is 3. The van der Waals surface area contributed by atoms with E-state index in [9.17, 15) is 9.00 Å². The Balaban J connectivity index is 3.04. The lowest BCUT2D eigenvalue weighted by atomic mass is 10.0. The van der Waals surface area contributed by atoms with E-state index in [0.29, 0.717) is 0 Å². The average molecular weight is 309 g/mol. The van der Waals surface area contributed by atoms with Crippen molar-refractivity contribution in [1.82, 2.24) is 4.72 Å². The summed E-state index contributed by atoms with van der Waals surface area (Å²) in [5.74, 6) is -0.482. The van der Waals surface area contributed by atoms with E-state index in [-0.39, 0.29) is 12.2 Å². The molecule has 1 N–H and O–H groups in total. The monoisotopic (exact) mass is 309 g/mol. The molecular formula is C16H23NO3S. The van der Waals surface area contributed by atoms with E-state index in [1.165, 1.54) is 0 Å². The molecule has 5 heteroatoms. The summed E-state index contributed by atoms with van der Waals surface area (Å²) in [5.41, 5.74) is 1.08. The number of carbonyl (C=O) groups excluding carboxylic acids is 1. The van der Waals surface area contributed by atoms with E-state index in [1.807, 2.05) is 51.1 Å². The summed E-state index contributed by atoms with van der Waals surface area (Å²) in [4.78, 5) is 11.9. The Morgan fingerprint density at radius 3 is 2.38 bits per heavy atom. The van der Waals surface area contributed by atoms with E-state index in [1.54, 1.807) is 6.92 Å². The molecule has 0 fully saturated rings. The zero-order valence-electron chi connectivity index (χ0n) is 13.0. The topological polar surface area (TPSA) is 55.4 Å². The summed E-state index contributed by atoms with van der Waals surface area (Å²) < 4.78 is 19.9. The molecule has 0 amide bonds. The number of rotatable bonds is 6. The molecule has 1 aromatic rings. The van der Waals surface area contributed by atoms with Gasteiger partial charge in [-0.2, -0.15) is 0 Å². The number of benzene rings is 1. The number of hydrogen-bond donors (Lipinski definition) is 1. The molecule has 116 valence electrons. The fourth-order valence-corrected chi connectivity index (χ4v) is 2.46. The fraction of sp³-hybridized carbons (Fsp3) is 0.438. The first-order valence-electron chi connectivity index (χ1n) is 6.86. The molecule has 0 aromatic heterocycles. The van der Waals surface area contributed by atoms with Crippen LogP contribution < -0.4 is 4.72 Å². The van der Waals surface area contributed by atoms with Gasteiger partial charge >= 0.3 is 5.97 Å². The van der Waals surface area contributed by atoms with Crippen LogP contribution in [0.3, 0.4) is 0 Å². The van der Waals surface area contributed by atoms with Crippen molar-refractivity contribution in [3.05, 3.63) is 48.0 Å². The van der Waals surface area contributed by atoms with Crippen LogP contribution in [0.15, 0.2) is 42.5 Å². The van der Waals surface area contributed by atoms with Gasteiger partial charge in [0, 0.05) is 0 Å². The molecule has 1 rings (SSSR count). The maximum Gasteiger partial charge on any atom is 0.335 e. The molecule has 0 aliphatic heterocycles. The second kappa shape index (κ2) is 7.52. The average Bonchev–Trinajstić information content (AvgIpc) is 2.44. The molecule has 0 heterocycles. The van der Waals surface area contributed by atoms with Gasteiger partial charge in [0.05, 0.1) is 34.0 Å². The highest BCUT2D eigenvalue weighted by Crippen LogP contribution is 2.24. The van der Waals surface area contributed by atoms with Crippen molar-refractivity contribution in [2.75, 3.05) is 6.61 Å². The third-order valence-corrected chi connectivity index (χ3v) is 4.36. The quantitative estimate of drug-likeness (QED) is 0.649. The van der Waals surface area contributed by atoms with E-state index in [2.05, 4.69) is 11.3 Å². The molecule has 21 heavy (non-hydrogen) atoms. The predicted molar refractivity (Wildman–Crippen MR) is 86.0 cm³/mol. The van der Waals surface area contributed by atoms with Gasteiger partial charge in [-0.15, -0.1) is 0 Å². The molecular weight excluding hydrogens is 286 g/mol. The van der Waals surface area contributed by atoms with Gasteiger partial charge in [0.2, 0.25) is 0 Å². The third kappa shape index (κ3) is 5.10. The largest absolute Gasteiger partial charge is 0.463 e. The zero-order chi connectivity index (χ0) is 16.0. The van der Waals surface area contributed by atoms with E-state index < -0.39 is 27.7 Å². The Morgan fingerprint density at radius 2 is 1.90 bits per heavy atom. The molecule has 4 nitrogen and oxygen atoms in total. The minimum absolute atomic E-state index is 0.251. The van der Waals surface area contributed by atoms with E-state index in [4.69, 9.17) is 4.74 Å². The first-order valence-corrected chi connectivity index (χ1v) is 8.01. The van der Waals surface area contributed by atoms with Gasteiger partial charge in [-0.25, -0.2) is 13.7 Å². The third-order valence-electron chi connectivity index (χ3n) is 2.80. The van der Waals surface area contributed by atoms with Crippen LogP contribution in [0, 0.1) is 0 Å². The maximum absolute atomic E-state index is 12.3. The van der Waals surface area contributed by atoms with E-state index in [0.717, 1.165) is 5.56 Å². The minimum Gasteiger partial charge on any atom is -0.463 e. The van der Waals surface area contributed by atoms with Crippen molar-refractivity contribution in [3.63, 3.8) is 0 Å². The lowest BCUT2D eigenvalue weighted by Gasteiger charge is -2.25. The van der Waals surface area contributed by atoms with Crippen molar-refractivity contribution < 1.29 is 13.7 Å². The summed E-state index contributed by atoms with van der Waals surface area (Å²) in [6.45, 7) is 11.4. The second-order valence-electron chi connectivity index (χ2n) is 5.59. The van der Waals surface area contributed by atoms with Gasteiger partial charge in [-0.3, -0.25) is 0 Å². The molecule has 0 aliphatic carbocycles. The van der Waals surface area contributed by atoms with Gasteiger partial charge in [0.25, 0.3) is 0 Å². The first kappa shape index (κ1) is 17.6. The van der Waals surface area contributed by atoms with Crippen LogP contribution in [-0.2, 0) is 20.5 Å². The number of carbonyl (C=O) groups is 1. The highest BCUT2D eigenvalue weighted by atomic mass is 32.2. The molecule has 0 spiro atoms. The SMILES string of the molecule is C=C(C(=O)OCC)[C@@H](N[S@](=O)C(C)(C)C)c1ccccc1. The summed E-state index contributed by atoms with van der Waals surface area (Å²) in [6.07, 6.45) is 0. The summed E-state index contributed by atoms with van der Waals surface area (Å²) in [5, 5.41) is 0. The summed E-state index contributed by atoms with van der Waals surface area (Å²) >= 11 is 0. The number of esters is 1. The Kier molecular flexibility index (Phi) is 6.30. The smallest absolute Gasteiger partial charge is 0.335 e. The number of nitrogens with one attached hydrogen (secondary N) is 1. The van der Waals surface area contributed by atoms with Crippen molar-refractivity contribution in [2.24, 2.45) is 0 Å². The molecule has 0 saturated carbocycles. The highest BCUT2D eigenvalue weighted by molar-refractivity contribution is 7.84. The zero-order valence-corrected chi connectivity index (χ0v) is 13.8. The van der Waals surface area contributed by atoms with Crippen LogP contribution in [0.1, 0.15) is 39.3 Å². The van der Waals surface area contributed by atoms with Crippen molar-refractivity contribution >= 4 is 17.0 Å². The van der Waals surface area contributed by atoms with Crippen molar-refractivity contribution in [3.8, 4) is 0 Å². The second-order valence-corrected chi connectivity index (χ2v) is 7.59. The predicted octanol–water partition coefficient (Wildman–Crippen LogP) is 2.90. The van der Waals surface area contributed by atoms with Crippen LogP contribution in [0.2, 0.25) is 0 Å². The van der Waals surface area contributed by atoms with Gasteiger partial charge < -0.3 is 4.74 Å². The Morgan fingerprint density at radius 1 is 1.33 bits per heavy atom.